The number of Topliss-reactive ketones (excluding diaryl/α,β-unsaturated/α-hetero) is 1. The molecule has 9 nitrogen and oxygen atoms in total. The van der Waals surface area contributed by atoms with Crippen LogP contribution in [0.4, 0.5) is 13.2 Å². The molecule has 0 radical (unpaired) electrons. The van der Waals surface area contributed by atoms with Crippen molar-refractivity contribution in [1.82, 2.24) is 29.4 Å². The Morgan fingerprint density at radius 1 is 1.25 bits per heavy atom. The van der Waals surface area contributed by atoms with Crippen molar-refractivity contribution < 1.29 is 27.4 Å². The third kappa shape index (κ3) is 4.22. The molecule has 32 heavy (non-hydrogen) atoms. The van der Waals surface area contributed by atoms with E-state index in [1.165, 1.54) is 19.4 Å². The normalized spacial score (nSPS) is 17.1. The lowest BCUT2D eigenvalue weighted by Gasteiger charge is -2.15. The third-order valence-electron chi connectivity index (χ3n) is 5.18. The van der Waals surface area contributed by atoms with Gasteiger partial charge < -0.3 is 14.0 Å². The smallest absolute Gasteiger partial charge is 0.421 e. The Morgan fingerprint density at radius 2 is 2.03 bits per heavy atom. The summed E-state index contributed by atoms with van der Waals surface area (Å²) in [6.45, 7) is 3.19. The Morgan fingerprint density at radius 3 is 2.72 bits per heavy atom. The lowest BCUT2D eigenvalue weighted by Crippen LogP contribution is -2.29. The van der Waals surface area contributed by atoms with Crippen LogP contribution in [0.3, 0.4) is 0 Å². The van der Waals surface area contributed by atoms with Crippen LogP contribution in [0.2, 0.25) is 0 Å². The van der Waals surface area contributed by atoms with Crippen molar-refractivity contribution in [3.05, 3.63) is 24.2 Å². The van der Waals surface area contributed by atoms with Gasteiger partial charge in [0.2, 0.25) is 11.8 Å². The molecule has 1 unspecified atom stereocenters. The molecular weight excluding hydrogens is 429 g/mol. The number of alkyl halides is 3. The zero-order valence-corrected chi connectivity index (χ0v) is 17.7. The number of aromatic nitrogens is 5. The van der Waals surface area contributed by atoms with E-state index in [4.69, 9.17) is 9.47 Å². The van der Waals surface area contributed by atoms with Crippen molar-refractivity contribution in [1.29, 1.82) is 0 Å². The van der Waals surface area contributed by atoms with Crippen molar-refractivity contribution >= 4 is 16.9 Å². The van der Waals surface area contributed by atoms with Gasteiger partial charge in [-0.25, -0.2) is 15.0 Å². The van der Waals surface area contributed by atoms with Crippen LogP contribution in [-0.4, -0.2) is 68.0 Å². The minimum atomic E-state index is -4.64. The Labute approximate surface area is 181 Å². The quantitative estimate of drug-likeness (QED) is 0.565. The van der Waals surface area contributed by atoms with E-state index in [9.17, 15) is 18.0 Å². The molecule has 0 aliphatic carbocycles. The van der Waals surface area contributed by atoms with Crippen LogP contribution in [0.1, 0.15) is 18.9 Å². The summed E-state index contributed by atoms with van der Waals surface area (Å²) in [6.07, 6.45) is -1.52. The minimum Gasteiger partial charge on any atom is -0.481 e. The summed E-state index contributed by atoms with van der Waals surface area (Å²) in [5.74, 6) is 0.0376. The molecule has 12 heteroatoms. The lowest BCUT2D eigenvalue weighted by molar-refractivity contribution is -0.139. The van der Waals surface area contributed by atoms with Crippen LogP contribution < -0.4 is 9.47 Å². The van der Waals surface area contributed by atoms with E-state index < -0.39 is 17.6 Å². The molecule has 4 rings (SSSR count). The van der Waals surface area contributed by atoms with E-state index >= 15 is 0 Å². The fourth-order valence-electron chi connectivity index (χ4n) is 3.77. The van der Waals surface area contributed by atoms with Crippen molar-refractivity contribution in [2.45, 2.75) is 25.6 Å². The molecule has 4 heterocycles. The number of imidazole rings is 1. The number of rotatable bonds is 6. The number of likely N-dealkylation sites (tertiary alicyclic amines) is 1. The van der Waals surface area contributed by atoms with Crippen LogP contribution in [0.15, 0.2) is 18.6 Å². The molecule has 0 spiro atoms. The number of hydrogen-bond acceptors (Lipinski definition) is 8. The van der Waals surface area contributed by atoms with Gasteiger partial charge in [-0.1, -0.05) is 0 Å². The first-order valence-electron chi connectivity index (χ1n) is 9.85. The molecule has 0 amide bonds. The van der Waals surface area contributed by atoms with E-state index in [0.29, 0.717) is 24.3 Å². The standard InChI is InChI=1S/C20H21F3N6O3/c1-11(30)8-29-5-4-13(9-29)32-19-15-17(25-10-26-19)28(2)16(27-15)12-6-14(20(21,22)23)18(31-3)24-7-12/h6-7,10,13H,4-5,8-9H2,1-3H3. The molecule has 0 N–H and O–H groups in total. The number of pyridine rings is 1. The number of hydrogen-bond donors (Lipinski definition) is 0. The summed E-state index contributed by atoms with van der Waals surface area (Å²) in [5.41, 5.74) is -0.103. The maximum Gasteiger partial charge on any atom is 0.421 e. The second-order valence-electron chi connectivity index (χ2n) is 7.59. The van der Waals surface area contributed by atoms with E-state index in [1.54, 1.807) is 11.6 Å². The second-order valence-corrected chi connectivity index (χ2v) is 7.59. The predicted molar refractivity (Wildman–Crippen MR) is 107 cm³/mol. The van der Waals surface area contributed by atoms with Gasteiger partial charge in [0.25, 0.3) is 0 Å². The molecule has 170 valence electrons. The van der Waals surface area contributed by atoms with Gasteiger partial charge >= 0.3 is 6.18 Å². The molecule has 1 atom stereocenters. The number of methoxy groups -OCH3 is 1. The summed E-state index contributed by atoms with van der Waals surface area (Å²) in [4.78, 5) is 30.0. The predicted octanol–water partition coefficient (Wildman–Crippen LogP) is 2.49. The Kier molecular flexibility index (Phi) is 5.71. The minimum absolute atomic E-state index is 0.0794. The number of carbonyl (C=O) groups excluding carboxylic acids is 1. The molecule has 0 bridgehead atoms. The molecule has 0 aromatic carbocycles. The molecule has 3 aromatic rings. The topological polar surface area (TPSA) is 95.3 Å². The Hall–Kier alpha value is -3.28. The highest BCUT2D eigenvalue weighted by molar-refractivity contribution is 5.81. The highest BCUT2D eigenvalue weighted by Gasteiger charge is 2.36. The number of carbonyl (C=O) groups is 1. The molecule has 1 aliphatic heterocycles. The fraction of sp³-hybridized carbons (Fsp3) is 0.450. The summed E-state index contributed by atoms with van der Waals surface area (Å²) in [6, 6.07) is 0.942. The van der Waals surface area contributed by atoms with E-state index in [2.05, 4.69) is 19.9 Å². The van der Waals surface area contributed by atoms with Gasteiger partial charge in [-0.2, -0.15) is 18.2 Å². The fourth-order valence-corrected chi connectivity index (χ4v) is 3.77. The average molecular weight is 450 g/mol. The summed E-state index contributed by atoms with van der Waals surface area (Å²) >= 11 is 0. The SMILES string of the molecule is COc1ncc(-c2nc3c(OC4CCN(CC(C)=O)C4)ncnc3n2C)cc1C(F)(F)F. The third-order valence-corrected chi connectivity index (χ3v) is 5.18. The average Bonchev–Trinajstić information content (AvgIpc) is 3.31. The number of fused-ring (bicyclic) bond motifs is 1. The molecule has 1 aliphatic rings. The number of nitrogens with zero attached hydrogens (tertiary/aromatic N) is 6. The van der Waals surface area contributed by atoms with Crippen LogP contribution in [0.5, 0.6) is 11.8 Å². The molecule has 0 saturated carbocycles. The van der Waals surface area contributed by atoms with Gasteiger partial charge in [-0.05, 0) is 19.4 Å². The maximum absolute atomic E-state index is 13.4. The van der Waals surface area contributed by atoms with Gasteiger partial charge in [0, 0.05) is 31.9 Å². The van der Waals surface area contributed by atoms with Crippen LogP contribution >= 0.6 is 0 Å². The van der Waals surface area contributed by atoms with Crippen LogP contribution in [0, 0.1) is 0 Å². The van der Waals surface area contributed by atoms with E-state index in [-0.39, 0.29) is 29.2 Å². The first-order chi connectivity index (χ1) is 15.2. The summed E-state index contributed by atoms with van der Waals surface area (Å²) in [5, 5.41) is 0. The highest BCUT2D eigenvalue weighted by Crippen LogP contribution is 2.37. The van der Waals surface area contributed by atoms with Gasteiger partial charge in [0.1, 0.15) is 29.6 Å². The monoisotopic (exact) mass is 450 g/mol. The molecular formula is C20H21F3N6O3. The largest absolute Gasteiger partial charge is 0.481 e. The zero-order valence-electron chi connectivity index (χ0n) is 17.7. The molecule has 3 aromatic heterocycles. The molecule has 1 fully saturated rings. The maximum atomic E-state index is 13.4. The Bertz CT molecular complexity index is 1160. The number of aryl methyl sites for hydroxylation is 1. The number of ketones is 1. The van der Waals surface area contributed by atoms with Gasteiger partial charge in [-0.3, -0.25) is 9.69 Å². The first-order valence-corrected chi connectivity index (χ1v) is 9.85. The van der Waals surface area contributed by atoms with Crippen molar-refractivity contribution in [2.75, 3.05) is 26.7 Å². The first kappa shape index (κ1) is 21.9. The van der Waals surface area contributed by atoms with Crippen LogP contribution in [-0.2, 0) is 18.0 Å². The van der Waals surface area contributed by atoms with E-state index in [0.717, 1.165) is 26.1 Å². The van der Waals surface area contributed by atoms with Crippen molar-refractivity contribution in [3.63, 3.8) is 0 Å². The van der Waals surface area contributed by atoms with Gasteiger partial charge in [0.15, 0.2) is 11.2 Å². The van der Waals surface area contributed by atoms with Gasteiger partial charge in [0.05, 0.1) is 13.7 Å². The van der Waals surface area contributed by atoms with Crippen molar-refractivity contribution in [2.24, 2.45) is 7.05 Å². The summed E-state index contributed by atoms with van der Waals surface area (Å²) < 4.78 is 52.6. The molecule has 1 saturated heterocycles. The van der Waals surface area contributed by atoms with E-state index in [1.807, 2.05) is 4.90 Å². The lowest BCUT2D eigenvalue weighted by atomic mass is 10.2. The zero-order chi connectivity index (χ0) is 23.0. The number of ether oxygens (including phenoxy) is 2. The summed E-state index contributed by atoms with van der Waals surface area (Å²) in [7, 11) is 2.77. The Balaban J connectivity index is 1.68. The number of halogens is 3. The van der Waals surface area contributed by atoms with Crippen LogP contribution in [0.25, 0.3) is 22.6 Å². The second kappa shape index (κ2) is 8.34. The van der Waals surface area contributed by atoms with Crippen molar-refractivity contribution in [3.8, 4) is 23.1 Å². The van der Waals surface area contributed by atoms with Gasteiger partial charge in [-0.15, -0.1) is 0 Å². The highest BCUT2D eigenvalue weighted by atomic mass is 19.4.